The molecule has 0 saturated carbocycles. The predicted molar refractivity (Wildman–Crippen MR) is 100.0 cm³/mol. The summed E-state index contributed by atoms with van der Waals surface area (Å²) in [6, 6.07) is 14.6. The summed E-state index contributed by atoms with van der Waals surface area (Å²) in [6.45, 7) is 0. The Hall–Kier alpha value is -3.28. The molecule has 6 heteroatoms. The number of carbonyl (C=O) groups is 2. The topological polar surface area (TPSA) is 69.6 Å². The lowest BCUT2D eigenvalue weighted by atomic mass is 10.2. The number of nitrogens with one attached hydrogen (secondary N) is 1. The summed E-state index contributed by atoms with van der Waals surface area (Å²) in [4.78, 5) is 24.6. The fourth-order valence-electron chi connectivity index (χ4n) is 2.74. The van der Waals surface area contributed by atoms with Crippen LogP contribution in [0.4, 0.5) is 5.69 Å². The Balaban J connectivity index is 1.63. The van der Waals surface area contributed by atoms with Crippen molar-refractivity contribution in [2.24, 2.45) is 0 Å². The van der Waals surface area contributed by atoms with Gasteiger partial charge in [0.25, 0.3) is 0 Å². The Labute approximate surface area is 151 Å². The van der Waals surface area contributed by atoms with Crippen LogP contribution in [0.15, 0.2) is 54.7 Å². The number of amides is 1. The van der Waals surface area contributed by atoms with Crippen LogP contribution in [0.5, 0.6) is 11.5 Å². The lowest BCUT2D eigenvalue weighted by Gasteiger charge is -2.10. The predicted octanol–water partition coefficient (Wildman–Crippen LogP) is 3.72. The normalized spacial score (nSPS) is 10.5. The third-order valence-corrected chi connectivity index (χ3v) is 4.07. The molecule has 3 aromatic rings. The van der Waals surface area contributed by atoms with E-state index in [9.17, 15) is 9.59 Å². The Morgan fingerprint density at radius 3 is 2.35 bits per heavy atom. The number of ether oxygens (including phenoxy) is 2. The number of fused-ring (bicyclic) bond motifs is 1. The van der Waals surface area contributed by atoms with Crippen LogP contribution in [0, 0.1) is 0 Å². The van der Waals surface area contributed by atoms with Gasteiger partial charge >= 0.3 is 0 Å². The SMILES string of the molecule is COc1cc(NC(=O)CCC(=O)n2ccc3ccccc32)cc(OC)c1. The molecular formula is C20H20N2O4. The highest BCUT2D eigenvalue weighted by Gasteiger charge is 2.12. The number of hydrogen-bond donors (Lipinski definition) is 1. The van der Waals surface area contributed by atoms with E-state index in [0.717, 1.165) is 10.9 Å². The van der Waals surface area contributed by atoms with Crippen molar-refractivity contribution in [2.45, 2.75) is 12.8 Å². The molecule has 2 aromatic carbocycles. The molecule has 0 aliphatic rings. The molecule has 6 nitrogen and oxygen atoms in total. The molecule has 1 heterocycles. The molecule has 0 saturated heterocycles. The van der Waals surface area contributed by atoms with E-state index < -0.39 is 0 Å². The first-order valence-electron chi connectivity index (χ1n) is 8.23. The van der Waals surface area contributed by atoms with Crippen molar-refractivity contribution in [1.29, 1.82) is 0 Å². The van der Waals surface area contributed by atoms with Gasteiger partial charge in [-0.15, -0.1) is 0 Å². The van der Waals surface area contributed by atoms with Crippen LogP contribution in [-0.4, -0.2) is 30.6 Å². The minimum atomic E-state index is -0.245. The number of methoxy groups -OCH3 is 2. The van der Waals surface area contributed by atoms with Gasteiger partial charge in [-0.05, 0) is 12.1 Å². The maximum atomic E-state index is 12.4. The summed E-state index contributed by atoms with van der Waals surface area (Å²) in [5.74, 6) is 0.791. The second-order valence-corrected chi connectivity index (χ2v) is 5.79. The zero-order chi connectivity index (χ0) is 18.5. The zero-order valence-corrected chi connectivity index (χ0v) is 14.7. The van der Waals surface area contributed by atoms with E-state index in [1.807, 2.05) is 30.3 Å². The molecule has 0 spiro atoms. The molecule has 1 aromatic heterocycles. The van der Waals surface area contributed by atoms with E-state index in [0.29, 0.717) is 17.2 Å². The van der Waals surface area contributed by atoms with Gasteiger partial charge in [-0.1, -0.05) is 18.2 Å². The Kier molecular flexibility index (Phi) is 5.22. The molecule has 1 amide bonds. The number of anilines is 1. The first-order chi connectivity index (χ1) is 12.6. The monoisotopic (exact) mass is 352 g/mol. The molecule has 0 aliphatic carbocycles. The average molecular weight is 352 g/mol. The van der Waals surface area contributed by atoms with Gasteiger partial charge < -0.3 is 14.8 Å². The number of aromatic nitrogens is 1. The molecule has 0 fully saturated rings. The van der Waals surface area contributed by atoms with Gasteiger partial charge in [-0.2, -0.15) is 0 Å². The van der Waals surface area contributed by atoms with Crippen molar-refractivity contribution < 1.29 is 19.1 Å². The molecule has 0 aliphatic heterocycles. The van der Waals surface area contributed by atoms with Gasteiger partial charge in [0, 0.05) is 48.3 Å². The summed E-state index contributed by atoms with van der Waals surface area (Å²) in [6.07, 6.45) is 1.94. The number of rotatable bonds is 6. The Morgan fingerprint density at radius 2 is 1.65 bits per heavy atom. The molecule has 0 bridgehead atoms. The van der Waals surface area contributed by atoms with Crippen molar-refractivity contribution >= 4 is 28.4 Å². The van der Waals surface area contributed by atoms with Crippen molar-refractivity contribution in [1.82, 2.24) is 4.57 Å². The zero-order valence-electron chi connectivity index (χ0n) is 14.7. The number of para-hydroxylation sites is 1. The highest BCUT2D eigenvalue weighted by Crippen LogP contribution is 2.26. The third kappa shape index (κ3) is 3.85. The quantitative estimate of drug-likeness (QED) is 0.734. The molecular weight excluding hydrogens is 332 g/mol. The van der Waals surface area contributed by atoms with Crippen molar-refractivity contribution in [3.05, 3.63) is 54.7 Å². The Bertz CT molecular complexity index is 924. The molecule has 0 radical (unpaired) electrons. The first kappa shape index (κ1) is 17.5. The van der Waals surface area contributed by atoms with Crippen LogP contribution in [0.25, 0.3) is 10.9 Å². The molecule has 26 heavy (non-hydrogen) atoms. The summed E-state index contributed by atoms with van der Waals surface area (Å²) in [5, 5.41) is 3.76. The smallest absolute Gasteiger partial charge is 0.231 e. The maximum Gasteiger partial charge on any atom is 0.231 e. The van der Waals surface area contributed by atoms with Crippen LogP contribution < -0.4 is 14.8 Å². The number of benzene rings is 2. The van der Waals surface area contributed by atoms with Crippen LogP contribution in [-0.2, 0) is 4.79 Å². The lowest BCUT2D eigenvalue weighted by molar-refractivity contribution is -0.116. The summed E-state index contributed by atoms with van der Waals surface area (Å²) < 4.78 is 11.9. The standard InChI is InChI=1S/C20H20N2O4/c1-25-16-11-15(12-17(13-16)26-2)21-19(23)7-8-20(24)22-10-9-14-5-3-4-6-18(14)22/h3-6,9-13H,7-8H2,1-2H3,(H,21,23). The Morgan fingerprint density at radius 1 is 0.962 bits per heavy atom. The fourth-order valence-corrected chi connectivity index (χ4v) is 2.74. The minimum absolute atomic E-state index is 0.0882. The fraction of sp³-hybridized carbons (Fsp3) is 0.200. The number of nitrogens with zero attached hydrogens (tertiary/aromatic N) is 1. The molecule has 1 N–H and O–H groups in total. The summed E-state index contributed by atoms with van der Waals surface area (Å²) in [5.41, 5.74) is 1.40. The average Bonchev–Trinajstić information content (AvgIpc) is 3.10. The van der Waals surface area contributed by atoms with Crippen LogP contribution in [0.1, 0.15) is 17.6 Å². The van der Waals surface area contributed by atoms with Gasteiger partial charge in [0.15, 0.2) is 0 Å². The van der Waals surface area contributed by atoms with E-state index in [1.165, 1.54) is 0 Å². The summed E-state index contributed by atoms with van der Waals surface area (Å²) in [7, 11) is 3.08. The minimum Gasteiger partial charge on any atom is -0.497 e. The number of carbonyl (C=O) groups excluding carboxylic acids is 2. The van der Waals surface area contributed by atoms with Crippen molar-refractivity contribution in [3.8, 4) is 11.5 Å². The highest BCUT2D eigenvalue weighted by atomic mass is 16.5. The molecule has 3 rings (SSSR count). The van der Waals surface area contributed by atoms with E-state index in [-0.39, 0.29) is 24.7 Å². The second kappa shape index (κ2) is 7.74. The van der Waals surface area contributed by atoms with Crippen molar-refractivity contribution in [2.75, 3.05) is 19.5 Å². The van der Waals surface area contributed by atoms with Gasteiger partial charge in [0.05, 0.1) is 19.7 Å². The van der Waals surface area contributed by atoms with Crippen LogP contribution >= 0.6 is 0 Å². The van der Waals surface area contributed by atoms with E-state index in [4.69, 9.17) is 9.47 Å². The van der Waals surface area contributed by atoms with Crippen LogP contribution in [0.3, 0.4) is 0 Å². The van der Waals surface area contributed by atoms with Crippen LogP contribution in [0.2, 0.25) is 0 Å². The van der Waals surface area contributed by atoms with Gasteiger partial charge in [-0.3, -0.25) is 14.2 Å². The largest absolute Gasteiger partial charge is 0.497 e. The highest BCUT2D eigenvalue weighted by molar-refractivity contribution is 5.96. The van der Waals surface area contributed by atoms with Gasteiger partial charge in [-0.25, -0.2) is 0 Å². The molecule has 0 unspecified atom stereocenters. The van der Waals surface area contributed by atoms with E-state index in [1.54, 1.807) is 43.2 Å². The second-order valence-electron chi connectivity index (χ2n) is 5.79. The third-order valence-electron chi connectivity index (χ3n) is 4.07. The first-order valence-corrected chi connectivity index (χ1v) is 8.23. The van der Waals surface area contributed by atoms with Gasteiger partial charge in [0.1, 0.15) is 11.5 Å². The molecule has 134 valence electrons. The van der Waals surface area contributed by atoms with Gasteiger partial charge in [0.2, 0.25) is 11.8 Å². The van der Waals surface area contributed by atoms with E-state index in [2.05, 4.69) is 5.32 Å². The van der Waals surface area contributed by atoms with Crippen molar-refractivity contribution in [3.63, 3.8) is 0 Å². The lowest BCUT2D eigenvalue weighted by Crippen LogP contribution is -2.16. The van der Waals surface area contributed by atoms with E-state index >= 15 is 0 Å². The maximum absolute atomic E-state index is 12.4. The number of hydrogen-bond acceptors (Lipinski definition) is 4. The molecule has 0 atom stereocenters. The summed E-state index contributed by atoms with van der Waals surface area (Å²) >= 11 is 0.